The van der Waals surface area contributed by atoms with E-state index < -0.39 is 17.7 Å². The normalized spacial score (nSPS) is 15.6. The van der Waals surface area contributed by atoms with Gasteiger partial charge in [-0.05, 0) is 0 Å². The smallest absolute Gasteiger partial charge is 0.264 e. The Morgan fingerprint density at radius 1 is 0.909 bits per heavy atom. The maximum atomic E-state index is 9.67. The molecule has 0 saturated carbocycles. The Balaban J connectivity index is 0. The zero-order chi connectivity index (χ0) is 17.8. The SMILES string of the molecule is CCCC[PH](CCC)(CCC)C(C)CC(C)O.O=S(=O)(O)O. The van der Waals surface area contributed by atoms with Gasteiger partial charge in [-0.2, -0.15) is 8.42 Å². The van der Waals surface area contributed by atoms with Gasteiger partial charge >= 0.3 is 120 Å². The Bertz CT molecular complexity index is 343. The van der Waals surface area contributed by atoms with E-state index >= 15 is 0 Å². The van der Waals surface area contributed by atoms with Gasteiger partial charge in [0.25, 0.3) is 0 Å². The third-order valence-corrected chi connectivity index (χ3v) is 10.9. The van der Waals surface area contributed by atoms with E-state index in [1.54, 1.807) is 0 Å². The van der Waals surface area contributed by atoms with Crippen molar-refractivity contribution < 1.29 is 22.6 Å². The molecular formula is C15H37O5PS. The van der Waals surface area contributed by atoms with E-state index in [0.29, 0.717) is 0 Å². The van der Waals surface area contributed by atoms with Crippen molar-refractivity contribution >= 4 is 17.7 Å². The van der Waals surface area contributed by atoms with Crippen LogP contribution in [0, 0.1) is 0 Å². The molecule has 0 rings (SSSR count). The fourth-order valence-corrected chi connectivity index (χ4v) is 9.52. The summed E-state index contributed by atoms with van der Waals surface area (Å²) in [4.78, 5) is 0. The topological polar surface area (TPSA) is 94.8 Å². The van der Waals surface area contributed by atoms with Crippen molar-refractivity contribution in [3.63, 3.8) is 0 Å². The van der Waals surface area contributed by atoms with Crippen LogP contribution < -0.4 is 0 Å². The van der Waals surface area contributed by atoms with Gasteiger partial charge in [-0.1, -0.05) is 0 Å². The van der Waals surface area contributed by atoms with Gasteiger partial charge in [-0.25, -0.2) is 0 Å². The van der Waals surface area contributed by atoms with Crippen LogP contribution in [0.5, 0.6) is 0 Å². The van der Waals surface area contributed by atoms with E-state index in [0.717, 1.165) is 12.1 Å². The van der Waals surface area contributed by atoms with Gasteiger partial charge in [-0.15, -0.1) is 0 Å². The molecule has 0 amide bonds. The first kappa shape index (κ1) is 24.5. The van der Waals surface area contributed by atoms with Crippen LogP contribution in [-0.2, 0) is 10.4 Å². The van der Waals surface area contributed by atoms with Crippen molar-refractivity contribution in [3.05, 3.63) is 0 Å². The largest absolute Gasteiger partial charge is 0.394 e. The predicted octanol–water partition coefficient (Wildman–Crippen LogP) is 3.86. The van der Waals surface area contributed by atoms with Gasteiger partial charge in [-0.3, -0.25) is 9.11 Å². The molecular weight excluding hydrogens is 323 g/mol. The molecule has 7 heteroatoms. The van der Waals surface area contributed by atoms with Gasteiger partial charge in [0.15, 0.2) is 0 Å². The second kappa shape index (κ2) is 12.7. The Kier molecular flexibility index (Phi) is 14.1. The molecule has 0 aromatic heterocycles. The van der Waals surface area contributed by atoms with Crippen molar-refractivity contribution in [2.24, 2.45) is 0 Å². The average molecular weight is 360 g/mol. The molecule has 0 fully saturated rings. The molecule has 0 heterocycles. The Labute approximate surface area is 137 Å². The molecule has 0 aliphatic carbocycles. The molecule has 0 saturated heterocycles. The zero-order valence-electron chi connectivity index (χ0n) is 14.9. The molecule has 3 N–H and O–H groups in total. The van der Waals surface area contributed by atoms with Crippen LogP contribution in [0.15, 0.2) is 0 Å². The minimum Gasteiger partial charge on any atom is -0.264 e. The summed E-state index contributed by atoms with van der Waals surface area (Å²) < 4.78 is 31.6. The molecule has 138 valence electrons. The summed E-state index contributed by atoms with van der Waals surface area (Å²) in [6.45, 7) is 11.3. The molecule has 0 aromatic rings. The summed E-state index contributed by atoms with van der Waals surface area (Å²) in [5.41, 5.74) is 0.786. The summed E-state index contributed by atoms with van der Waals surface area (Å²) >= 11 is 0. The second-order valence-electron chi connectivity index (χ2n) is 6.40. The summed E-state index contributed by atoms with van der Waals surface area (Å²) in [6.07, 6.45) is 10.7. The molecule has 0 aliphatic heterocycles. The van der Waals surface area contributed by atoms with E-state index in [1.807, 2.05) is 6.92 Å². The minimum absolute atomic E-state index is 0.118. The average Bonchev–Trinajstić information content (AvgIpc) is 2.33. The van der Waals surface area contributed by atoms with Gasteiger partial charge in [0.2, 0.25) is 0 Å². The molecule has 0 radical (unpaired) electrons. The molecule has 2 unspecified atom stereocenters. The van der Waals surface area contributed by atoms with E-state index in [1.165, 1.54) is 44.2 Å². The van der Waals surface area contributed by atoms with Gasteiger partial charge in [0, 0.05) is 0 Å². The third kappa shape index (κ3) is 13.9. The zero-order valence-corrected chi connectivity index (χ0v) is 16.7. The van der Waals surface area contributed by atoms with Crippen LogP contribution in [0.25, 0.3) is 0 Å². The van der Waals surface area contributed by atoms with Crippen LogP contribution >= 0.6 is 7.26 Å². The Hall–Kier alpha value is 0.260. The molecule has 0 aromatic carbocycles. The van der Waals surface area contributed by atoms with Gasteiger partial charge in [0.05, 0.1) is 0 Å². The summed E-state index contributed by atoms with van der Waals surface area (Å²) in [7, 11) is -5.81. The number of aliphatic hydroxyl groups is 1. The molecule has 22 heavy (non-hydrogen) atoms. The number of aliphatic hydroxyl groups excluding tert-OH is 1. The predicted molar refractivity (Wildman–Crippen MR) is 98.3 cm³/mol. The minimum atomic E-state index is -4.67. The van der Waals surface area contributed by atoms with Crippen LogP contribution in [-0.4, -0.2) is 52.9 Å². The summed E-state index contributed by atoms with van der Waals surface area (Å²) in [6, 6.07) is 0. The van der Waals surface area contributed by atoms with E-state index in [4.69, 9.17) is 17.5 Å². The second-order valence-corrected chi connectivity index (χ2v) is 12.5. The Morgan fingerprint density at radius 3 is 1.59 bits per heavy atom. The first-order valence-electron chi connectivity index (χ1n) is 8.40. The van der Waals surface area contributed by atoms with Gasteiger partial charge in [0.1, 0.15) is 0 Å². The van der Waals surface area contributed by atoms with Crippen molar-refractivity contribution in [1.82, 2.24) is 0 Å². The molecule has 5 nitrogen and oxygen atoms in total. The van der Waals surface area contributed by atoms with E-state index in [9.17, 15) is 5.11 Å². The van der Waals surface area contributed by atoms with Crippen LogP contribution in [0.4, 0.5) is 0 Å². The van der Waals surface area contributed by atoms with Crippen molar-refractivity contribution in [3.8, 4) is 0 Å². The summed E-state index contributed by atoms with van der Waals surface area (Å²) in [5, 5.41) is 9.67. The Morgan fingerprint density at radius 2 is 1.32 bits per heavy atom. The molecule has 0 aliphatic rings. The number of unbranched alkanes of at least 4 members (excludes halogenated alkanes) is 1. The first-order chi connectivity index (χ1) is 10.0. The van der Waals surface area contributed by atoms with Crippen LogP contribution in [0.1, 0.15) is 66.7 Å². The van der Waals surface area contributed by atoms with Crippen LogP contribution in [0.3, 0.4) is 0 Å². The van der Waals surface area contributed by atoms with Crippen molar-refractivity contribution in [2.45, 2.75) is 78.5 Å². The van der Waals surface area contributed by atoms with Crippen LogP contribution in [0.2, 0.25) is 0 Å². The fraction of sp³-hybridized carbons (Fsp3) is 1.00. The maximum absolute atomic E-state index is 9.67. The standard InChI is InChI=1S/C15H35OP.H2O4S/c1-6-9-12-17(10-7-2,11-8-3)15(5)13-14(4)16;1-5(2,3)4/h14-17H,6-13H2,1-5H3;(H2,1,2,3,4). The van der Waals surface area contributed by atoms with Crippen molar-refractivity contribution in [1.29, 1.82) is 0 Å². The maximum Gasteiger partial charge on any atom is 0.394 e. The van der Waals surface area contributed by atoms with Crippen molar-refractivity contribution in [2.75, 3.05) is 18.5 Å². The van der Waals surface area contributed by atoms with E-state index in [2.05, 4.69) is 27.7 Å². The number of hydrogen-bond donors (Lipinski definition) is 3. The quantitative estimate of drug-likeness (QED) is 0.406. The third-order valence-electron chi connectivity index (χ3n) is 4.26. The summed E-state index contributed by atoms with van der Waals surface area (Å²) in [5.74, 6) is 0. The van der Waals surface area contributed by atoms with E-state index in [-0.39, 0.29) is 6.10 Å². The number of rotatable bonds is 10. The molecule has 0 bridgehead atoms. The monoisotopic (exact) mass is 360 g/mol. The molecule has 2 atom stereocenters. The molecule has 0 spiro atoms. The number of hydrogen-bond acceptors (Lipinski definition) is 3. The first-order valence-corrected chi connectivity index (χ1v) is 12.5. The fourth-order valence-electron chi connectivity index (χ4n) is 3.40. The van der Waals surface area contributed by atoms with Gasteiger partial charge < -0.3 is 0 Å².